The molecule has 37 heavy (non-hydrogen) atoms. The molecule has 6 rings (SSSR count). The molecule has 0 aliphatic carbocycles. The maximum Gasteiger partial charge on any atom is 0.147 e. The fourth-order valence-electron chi connectivity index (χ4n) is 5.89. The van der Waals surface area contributed by atoms with Crippen molar-refractivity contribution in [2.45, 2.75) is 46.0 Å². The molecule has 3 nitrogen and oxygen atoms in total. The second-order valence-corrected chi connectivity index (χ2v) is 9.94. The third-order valence-electron chi connectivity index (χ3n) is 7.43. The zero-order valence-corrected chi connectivity index (χ0v) is 21.8. The molecule has 0 saturated heterocycles. The van der Waals surface area contributed by atoms with Crippen LogP contribution in [0.3, 0.4) is 0 Å². The minimum absolute atomic E-state index is 0.835. The Labute approximate surface area is 219 Å². The molecule has 0 atom stereocenters. The molecule has 0 saturated carbocycles. The molecule has 186 valence electrons. The van der Waals surface area contributed by atoms with Crippen LogP contribution in [0.15, 0.2) is 83.9 Å². The number of aryl methyl sites for hydroxylation is 1. The van der Waals surface area contributed by atoms with Crippen molar-refractivity contribution in [2.24, 2.45) is 4.99 Å². The van der Waals surface area contributed by atoms with Gasteiger partial charge in [-0.15, -0.1) is 0 Å². The van der Waals surface area contributed by atoms with Gasteiger partial charge >= 0.3 is 0 Å². The number of rotatable bonds is 7. The molecule has 2 aliphatic heterocycles. The van der Waals surface area contributed by atoms with Crippen LogP contribution in [-0.2, 0) is 6.42 Å². The van der Waals surface area contributed by atoms with E-state index in [-0.39, 0.29) is 0 Å². The number of benzene rings is 4. The van der Waals surface area contributed by atoms with Crippen molar-refractivity contribution in [1.29, 1.82) is 0 Å². The Morgan fingerprint density at radius 3 is 2.19 bits per heavy atom. The lowest BCUT2D eigenvalue weighted by atomic mass is 9.82. The van der Waals surface area contributed by atoms with E-state index in [2.05, 4.69) is 98.0 Å². The fraction of sp³-hybridized carbons (Fsp3) is 0.265. The molecule has 3 heteroatoms. The van der Waals surface area contributed by atoms with Crippen LogP contribution in [0.4, 0.5) is 0 Å². The molecule has 0 spiro atoms. The maximum absolute atomic E-state index is 7.09. The lowest BCUT2D eigenvalue weighted by Crippen LogP contribution is -2.31. The van der Waals surface area contributed by atoms with Gasteiger partial charge in [0.1, 0.15) is 17.3 Å². The van der Waals surface area contributed by atoms with Gasteiger partial charge in [0.2, 0.25) is 0 Å². The van der Waals surface area contributed by atoms with Crippen LogP contribution < -0.4 is 10.1 Å². The summed E-state index contributed by atoms with van der Waals surface area (Å²) in [6.45, 7) is 6.28. The molecule has 2 aliphatic rings. The van der Waals surface area contributed by atoms with E-state index >= 15 is 0 Å². The predicted octanol–water partition coefficient (Wildman–Crippen LogP) is 8.26. The van der Waals surface area contributed by atoms with Crippen LogP contribution in [-0.4, -0.2) is 18.9 Å². The van der Waals surface area contributed by atoms with E-state index in [9.17, 15) is 0 Å². The van der Waals surface area contributed by atoms with Gasteiger partial charge in [0, 0.05) is 35.2 Å². The Morgan fingerprint density at radius 1 is 0.784 bits per heavy atom. The topological polar surface area (TPSA) is 33.6 Å². The highest BCUT2D eigenvalue weighted by Gasteiger charge is 2.32. The highest BCUT2D eigenvalue weighted by atomic mass is 16.5. The van der Waals surface area contributed by atoms with Crippen LogP contribution in [0.1, 0.15) is 61.8 Å². The number of hydrogen-bond acceptors (Lipinski definition) is 3. The van der Waals surface area contributed by atoms with Crippen molar-refractivity contribution in [1.82, 2.24) is 5.32 Å². The average Bonchev–Trinajstić information content (AvgIpc) is 2.96. The van der Waals surface area contributed by atoms with Gasteiger partial charge in [-0.1, -0.05) is 106 Å². The van der Waals surface area contributed by atoms with Gasteiger partial charge in [-0.3, -0.25) is 4.99 Å². The first-order chi connectivity index (χ1) is 18.3. The van der Waals surface area contributed by atoms with Gasteiger partial charge in [0.15, 0.2) is 0 Å². The number of aliphatic imine (C=N–C) groups is 1. The Kier molecular flexibility index (Phi) is 6.53. The van der Waals surface area contributed by atoms with Crippen molar-refractivity contribution in [2.75, 3.05) is 13.1 Å². The first kappa shape index (κ1) is 23.5. The van der Waals surface area contributed by atoms with Crippen molar-refractivity contribution in [3.8, 4) is 16.9 Å². The minimum Gasteiger partial charge on any atom is -0.455 e. The first-order valence-electron chi connectivity index (χ1n) is 13.7. The molecule has 2 heterocycles. The second kappa shape index (κ2) is 10.3. The van der Waals surface area contributed by atoms with Gasteiger partial charge in [-0.05, 0) is 41.3 Å². The Hall–Kier alpha value is -3.85. The van der Waals surface area contributed by atoms with Crippen LogP contribution in [0.5, 0.6) is 5.75 Å². The first-order valence-corrected chi connectivity index (χ1v) is 13.7. The van der Waals surface area contributed by atoms with Crippen LogP contribution in [0, 0.1) is 0 Å². The van der Waals surface area contributed by atoms with E-state index in [4.69, 9.17) is 9.73 Å². The Morgan fingerprint density at radius 2 is 1.51 bits per heavy atom. The average molecular weight is 487 g/mol. The Balaban J connectivity index is 1.76. The zero-order valence-electron chi connectivity index (χ0n) is 21.8. The third-order valence-corrected chi connectivity index (χ3v) is 7.43. The fourth-order valence-corrected chi connectivity index (χ4v) is 5.89. The van der Waals surface area contributed by atoms with E-state index < -0.39 is 0 Å². The summed E-state index contributed by atoms with van der Waals surface area (Å²) in [6, 6.07) is 28.2. The highest BCUT2D eigenvalue weighted by molar-refractivity contribution is 6.18. The van der Waals surface area contributed by atoms with Crippen LogP contribution >= 0.6 is 0 Å². The van der Waals surface area contributed by atoms with Gasteiger partial charge in [-0.25, -0.2) is 0 Å². The second-order valence-electron chi connectivity index (χ2n) is 9.94. The van der Waals surface area contributed by atoms with Gasteiger partial charge in [0.05, 0.1) is 5.56 Å². The summed E-state index contributed by atoms with van der Waals surface area (Å²) >= 11 is 0. The molecule has 0 aromatic heterocycles. The SMILES string of the molecule is CCCC1=C(c2ccccc2)Oc2c(C3=NCCCN3)c(-c3ccccc3)c(CCC)c3cccc1c23. The number of nitrogens with one attached hydrogen (secondary N) is 1. The number of amidine groups is 1. The minimum atomic E-state index is 0.835. The lowest BCUT2D eigenvalue weighted by molar-refractivity contribution is 0.515. The summed E-state index contributed by atoms with van der Waals surface area (Å²) in [5.41, 5.74) is 8.69. The number of allylic oxidation sites excluding steroid dienone is 1. The summed E-state index contributed by atoms with van der Waals surface area (Å²) in [6.07, 6.45) is 5.16. The monoisotopic (exact) mass is 486 g/mol. The number of ether oxygens (including phenoxy) is 1. The molecule has 0 unspecified atom stereocenters. The normalized spacial score (nSPS) is 14.8. The standard InChI is InChI=1S/C34H34N2O/c1-3-13-25-26-19-11-20-27-28(14-4-2)32(24-17-9-6-10-18-24)37-33(30(26)27)31(34-35-21-12-22-36-34)29(25)23-15-7-5-8-16-23/h5-11,15-20H,3-4,12-14,21-22H2,1-2H3,(H,35,36). The van der Waals surface area contributed by atoms with Gasteiger partial charge < -0.3 is 10.1 Å². The molecule has 0 bridgehead atoms. The van der Waals surface area contributed by atoms with Gasteiger partial charge in [-0.2, -0.15) is 0 Å². The molecule has 0 fully saturated rings. The molecular formula is C34H34N2O. The predicted molar refractivity (Wildman–Crippen MR) is 156 cm³/mol. The summed E-state index contributed by atoms with van der Waals surface area (Å²) in [5.74, 6) is 2.87. The molecule has 4 aromatic carbocycles. The smallest absolute Gasteiger partial charge is 0.147 e. The van der Waals surface area contributed by atoms with Crippen molar-refractivity contribution < 1.29 is 4.74 Å². The summed E-state index contributed by atoms with van der Waals surface area (Å²) in [5, 5.41) is 6.18. The molecule has 0 radical (unpaired) electrons. The molecule has 4 aromatic rings. The summed E-state index contributed by atoms with van der Waals surface area (Å²) in [4.78, 5) is 5.02. The van der Waals surface area contributed by atoms with E-state index in [0.29, 0.717) is 0 Å². The van der Waals surface area contributed by atoms with Crippen molar-refractivity contribution >= 4 is 27.9 Å². The summed E-state index contributed by atoms with van der Waals surface area (Å²) < 4.78 is 7.09. The van der Waals surface area contributed by atoms with Crippen molar-refractivity contribution in [3.05, 3.63) is 101 Å². The van der Waals surface area contributed by atoms with E-state index in [1.807, 2.05) is 0 Å². The van der Waals surface area contributed by atoms with E-state index in [0.717, 1.165) is 73.7 Å². The molecule has 1 N–H and O–H groups in total. The van der Waals surface area contributed by atoms with Crippen LogP contribution in [0.2, 0.25) is 0 Å². The number of hydrogen-bond donors (Lipinski definition) is 1. The maximum atomic E-state index is 7.09. The third kappa shape index (κ3) is 4.13. The van der Waals surface area contributed by atoms with E-state index in [1.165, 1.54) is 38.6 Å². The quantitative estimate of drug-likeness (QED) is 0.285. The number of nitrogens with zero attached hydrogens (tertiary/aromatic N) is 1. The zero-order chi connectivity index (χ0) is 25.2. The lowest BCUT2D eigenvalue weighted by Gasteiger charge is -2.31. The molecular weight excluding hydrogens is 452 g/mol. The summed E-state index contributed by atoms with van der Waals surface area (Å²) in [7, 11) is 0. The largest absolute Gasteiger partial charge is 0.455 e. The Bertz CT molecular complexity index is 1500. The van der Waals surface area contributed by atoms with E-state index in [1.54, 1.807) is 0 Å². The van der Waals surface area contributed by atoms with Crippen LogP contribution in [0.25, 0.3) is 33.2 Å². The van der Waals surface area contributed by atoms with Gasteiger partial charge in [0.25, 0.3) is 0 Å². The highest BCUT2D eigenvalue weighted by Crippen LogP contribution is 2.50. The molecule has 0 amide bonds. The van der Waals surface area contributed by atoms with Crippen molar-refractivity contribution in [3.63, 3.8) is 0 Å².